The smallest absolute Gasteiger partial charge is 0.257 e. The lowest BCUT2D eigenvalue weighted by Gasteiger charge is -2.08. The molecule has 1 unspecified atom stereocenters. The van der Waals surface area contributed by atoms with Crippen LogP contribution in [0.2, 0.25) is 0 Å². The van der Waals surface area contributed by atoms with Crippen molar-refractivity contribution >= 4 is 10.9 Å². The van der Waals surface area contributed by atoms with Gasteiger partial charge >= 0.3 is 0 Å². The third kappa shape index (κ3) is 1.77. The highest BCUT2D eigenvalue weighted by atomic mass is 16.1. The fourth-order valence-electron chi connectivity index (χ4n) is 1.59. The summed E-state index contributed by atoms with van der Waals surface area (Å²) in [6.07, 6.45) is 4.54. The van der Waals surface area contributed by atoms with E-state index in [2.05, 4.69) is 23.8 Å². The highest BCUT2D eigenvalue weighted by molar-refractivity contribution is 5.77. The van der Waals surface area contributed by atoms with Crippen molar-refractivity contribution in [3.05, 3.63) is 40.4 Å². The fourth-order valence-corrected chi connectivity index (χ4v) is 1.59. The van der Waals surface area contributed by atoms with Gasteiger partial charge in [0.05, 0.1) is 10.9 Å². The van der Waals surface area contributed by atoms with Crippen molar-refractivity contribution in [2.24, 2.45) is 0 Å². The van der Waals surface area contributed by atoms with Crippen LogP contribution in [0.15, 0.2) is 29.3 Å². The number of hydrogen-bond acceptors (Lipinski definition) is 2. The number of H-pyrrole nitrogens is 1. The van der Waals surface area contributed by atoms with Crippen molar-refractivity contribution in [3.8, 4) is 0 Å². The van der Waals surface area contributed by atoms with E-state index >= 15 is 0 Å². The Morgan fingerprint density at radius 1 is 1.53 bits per heavy atom. The van der Waals surface area contributed by atoms with Crippen LogP contribution in [-0.2, 0) is 0 Å². The molecule has 1 atom stereocenters. The van der Waals surface area contributed by atoms with Crippen molar-refractivity contribution < 1.29 is 0 Å². The molecule has 2 aromatic heterocycles. The minimum absolute atomic E-state index is 0.0647. The Hall–Kier alpha value is -1.64. The summed E-state index contributed by atoms with van der Waals surface area (Å²) < 4.78 is 0. The topological polar surface area (TPSA) is 45.8 Å². The van der Waals surface area contributed by atoms with Gasteiger partial charge in [-0.1, -0.05) is 13.8 Å². The van der Waals surface area contributed by atoms with Crippen LogP contribution in [0.4, 0.5) is 0 Å². The monoisotopic (exact) mass is 202 g/mol. The molecule has 0 radical (unpaired) electrons. The second-order valence-corrected chi connectivity index (χ2v) is 3.82. The van der Waals surface area contributed by atoms with E-state index in [1.54, 1.807) is 6.20 Å². The van der Waals surface area contributed by atoms with Crippen molar-refractivity contribution in [2.45, 2.75) is 26.2 Å². The third-order valence-corrected chi connectivity index (χ3v) is 2.82. The normalized spacial score (nSPS) is 12.9. The van der Waals surface area contributed by atoms with E-state index in [9.17, 15) is 4.79 Å². The first kappa shape index (κ1) is 9.90. The number of fused-ring (bicyclic) bond motifs is 1. The minimum atomic E-state index is -0.0647. The lowest BCUT2D eigenvalue weighted by Crippen LogP contribution is -2.06. The number of nitrogens with one attached hydrogen (secondary N) is 1. The van der Waals surface area contributed by atoms with Gasteiger partial charge in [0.2, 0.25) is 0 Å². The van der Waals surface area contributed by atoms with Gasteiger partial charge in [0.1, 0.15) is 0 Å². The second-order valence-electron chi connectivity index (χ2n) is 3.82. The molecule has 0 aliphatic heterocycles. The largest absolute Gasteiger partial charge is 0.328 e. The van der Waals surface area contributed by atoms with Crippen molar-refractivity contribution in [2.75, 3.05) is 0 Å². The summed E-state index contributed by atoms with van der Waals surface area (Å²) in [5.41, 5.74) is 1.82. The molecule has 0 saturated carbocycles. The molecule has 0 aliphatic rings. The molecule has 0 saturated heterocycles. The van der Waals surface area contributed by atoms with E-state index in [0.717, 1.165) is 17.5 Å². The molecule has 2 aromatic rings. The molecule has 3 nitrogen and oxygen atoms in total. The molecule has 0 amide bonds. The Labute approximate surface area is 88.2 Å². The predicted molar refractivity (Wildman–Crippen MR) is 61.1 cm³/mol. The molecule has 15 heavy (non-hydrogen) atoms. The maximum absolute atomic E-state index is 11.5. The summed E-state index contributed by atoms with van der Waals surface area (Å²) in [4.78, 5) is 18.5. The summed E-state index contributed by atoms with van der Waals surface area (Å²) in [6, 6.07) is 3.76. The number of hydrogen-bond donors (Lipinski definition) is 1. The quantitative estimate of drug-likeness (QED) is 0.813. The third-order valence-electron chi connectivity index (χ3n) is 2.82. The lowest BCUT2D eigenvalue weighted by atomic mass is 9.99. The molecule has 2 heterocycles. The Morgan fingerprint density at radius 2 is 2.33 bits per heavy atom. The number of pyridine rings is 2. The zero-order valence-corrected chi connectivity index (χ0v) is 8.95. The van der Waals surface area contributed by atoms with Gasteiger partial charge in [-0.05, 0) is 30.0 Å². The zero-order chi connectivity index (χ0) is 10.8. The SMILES string of the molecule is CCC(C)c1cnc2cc[nH]c(=O)c2c1. The molecule has 0 aliphatic carbocycles. The number of nitrogens with zero attached hydrogens (tertiary/aromatic N) is 1. The summed E-state index contributed by atoms with van der Waals surface area (Å²) in [5.74, 6) is 0.446. The van der Waals surface area contributed by atoms with Crippen molar-refractivity contribution in [3.63, 3.8) is 0 Å². The van der Waals surface area contributed by atoms with Crippen LogP contribution in [-0.4, -0.2) is 9.97 Å². The van der Waals surface area contributed by atoms with E-state index in [1.165, 1.54) is 0 Å². The molecule has 3 heteroatoms. The molecule has 0 spiro atoms. The number of aromatic nitrogens is 2. The van der Waals surface area contributed by atoms with Crippen molar-refractivity contribution in [1.29, 1.82) is 0 Å². The van der Waals surface area contributed by atoms with Gasteiger partial charge in [0, 0.05) is 12.4 Å². The Bertz CT molecular complexity index is 530. The maximum Gasteiger partial charge on any atom is 0.257 e. The van der Waals surface area contributed by atoms with Crippen LogP contribution in [0.3, 0.4) is 0 Å². The average Bonchev–Trinajstić information content (AvgIpc) is 2.28. The van der Waals surface area contributed by atoms with Crippen LogP contribution in [0.1, 0.15) is 31.7 Å². The minimum Gasteiger partial charge on any atom is -0.328 e. The van der Waals surface area contributed by atoms with Gasteiger partial charge in [-0.2, -0.15) is 0 Å². The van der Waals surface area contributed by atoms with Crippen LogP contribution in [0.25, 0.3) is 10.9 Å². The van der Waals surface area contributed by atoms with Crippen LogP contribution in [0.5, 0.6) is 0 Å². The summed E-state index contributed by atoms with van der Waals surface area (Å²) >= 11 is 0. The summed E-state index contributed by atoms with van der Waals surface area (Å²) in [6.45, 7) is 4.27. The first-order valence-electron chi connectivity index (χ1n) is 5.19. The maximum atomic E-state index is 11.5. The van der Waals surface area contributed by atoms with Gasteiger partial charge < -0.3 is 4.98 Å². The number of aromatic amines is 1. The van der Waals surface area contributed by atoms with E-state index in [0.29, 0.717) is 11.3 Å². The van der Waals surface area contributed by atoms with Gasteiger partial charge in [-0.15, -0.1) is 0 Å². The highest BCUT2D eigenvalue weighted by Crippen LogP contribution is 2.19. The standard InChI is InChI=1S/C12H14N2O/c1-3-8(2)9-6-10-11(14-7-9)4-5-13-12(10)15/h4-8H,3H2,1-2H3,(H,13,15). The summed E-state index contributed by atoms with van der Waals surface area (Å²) in [7, 11) is 0. The summed E-state index contributed by atoms with van der Waals surface area (Å²) in [5, 5.41) is 0.676. The Balaban J connectivity index is 2.65. The van der Waals surface area contributed by atoms with Crippen LogP contribution < -0.4 is 5.56 Å². The van der Waals surface area contributed by atoms with Gasteiger partial charge in [0.25, 0.3) is 5.56 Å². The fraction of sp³-hybridized carbons (Fsp3) is 0.333. The average molecular weight is 202 g/mol. The van der Waals surface area contributed by atoms with E-state index in [1.807, 2.05) is 18.3 Å². The van der Waals surface area contributed by atoms with Gasteiger partial charge in [-0.3, -0.25) is 9.78 Å². The van der Waals surface area contributed by atoms with E-state index < -0.39 is 0 Å². The molecule has 1 N–H and O–H groups in total. The molecule has 2 rings (SSSR count). The predicted octanol–water partition coefficient (Wildman–Crippen LogP) is 2.44. The zero-order valence-electron chi connectivity index (χ0n) is 8.95. The van der Waals surface area contributed by atoms with E-state index in [4.69, 9.17) is 0 Å². The first-order valence-corrected chi connectivity index (χ1v) is 5.19. The van der Waals surface area contributed by atoms with Crippen LogP contribution in [0, 0.1) is 0 Å². The van der Waals surface area contributed by atoms with Crippen molar-refractivity contribution in [1.82, 2.24) is 9.97 Å². The molecular formula is C12H14N2O. The van der Waals surface area contributed by atoms with E-state index in [-0.39, 0.29) is 5.56 Å². The molecule has 0 bridgehead atoms. The first-order chi connectivity index (χ1) is 7.22. The highest BCUT2D eigenvalue weighted by Gasteiger charge is 2.06. The van der Waals surface area contributed by atoms with Gasteiger partial charge in [-0.25, -0.2) is 0 Å². The Morgan fingerprint density at radius 3 is 3.07 bits per heavy atom. The molecule has 0 fully saturated rings. The second kappa shape index (κ2) is 3.85. The lowest BCUT2D eigenvalue weighted by molar-refractivity contribution is 0.731. The van der Waals surface area contributed by atoms with Crippen LogP contribution >= 0.6 is 0 Å². The molecule has 78 valence electrons. The Kier molecular flexibility index (Phi) is 2.54. The molecule has 0 aromatic carbocycles. The molecular weight excluding hydrogens is 188 g/mol. The number of rotatable bonds is 2. The van der Waals surface area contributed by atoms with Gasteiger partial charge in [0.15, 0.2) is 0 Å².